The van der Waals surface area contributed by atoms with E-state index in [1.165, 1.54) is 12.8 Å². The van der Waals surface area contributed by atoms with Crippen molar-refractivity contribution in [3.05, 3.63) is 17.8 Å². The van der Waals surface area contributed by atoms with Crippen LogP contribution in [0.4, 0.5) is 0 Å². The Morgan fingerprint density at radius 1 is 1.60 bits per heavy atom. The summed E-state index contributed by atoms with van der Waals surface area (Å²) in [4.78, 5) is 4.32. The SMILES string of the molecule is CNCCCc1ncc(C(C)C2CC2)o1. The van der Waals surface area contributed by atoms with Crippen LogP contribution >= 0.6 is 0 Å². The van der Waals surface area contributed by atoms with Crippen molar-refractivity contribution in [2.45, 2.75) is 38.5 Å². The molecule has 3 nitrogen and oxygen atoms in total. The van der Waals surface area contributed by atoms with E-state index in [-0.39, 0.29) is 0 Å². The van der Waals surface area contributed by atoms with Gasteiger partial charge in [-0.25, -0.2) is 4.98 Å². The highest BCUT2D eigenvalue weighted by Gasteiger charge is 2.31. The van der Waals surface area contributed by atoms with Gasteiger partial charge in [-0.15, -0.1) is 0 Å². The fourth-order valence-electron chi connectivity index (χ4n) is 1.90. The summed E-state index contributed by atoms with van der Waals surface area (Å²) in [5.74, 6) is 3.39. The summed E-state index contributed by atoms with van der Waals surface area (Å²) in [6, 6.07) is 0. The lowest BCUT2D eigenvalue weighted by Gasteiger charge is -2.04. The fraction of sp³-hybridized carbons (Fsp3) is 0.750. The quantitative estimate of drug-likeness (QED) is 0.729. The summed E-state index contributed by atoms with van der Waals surface area (Å²) in [5.41, 5.74) is 0. The van der Waals surface area contributed by atoms with Crippen molar-refractivity contribution in [3.63, 3.8) is 0 Å². The molecule has 1 aliphatic rings. The molecular weight excluding hydrogens is 188 g/mol. The van der Waals surface area contributed by atoms with E-state index in [4.69, 9.17) is 4.42 Å². The van der Waals surface area contributed by atoms with Gasteiger partial charge < -0.3 is 9.73 Å². The van der Waals surface area contributed by atoms with E-state index >= 15 is 0 Å². The number of oxazole rings is 1. The molecular formula is C12H20N2O. The molecule has 0 amide bonds. The zero-order valence-corrected chi connectivity index (χ0v) is 9.62. The zero-order chi connectivity index (χ0) is 10.7. The van der Waals surface area contributed by atoms with E-state index in [9.17, 15) is 0 Å². The third-order valence-electron chi connectivity index (χ3n) is 3.17. The molecule has 84 valence electrons. The van der Waals surface area contributed by atoms with Crippen molar-refractivity contribution in [1.29, 1.82) is 0 Å². The second kappa shape index (κ2) is 4.79. The molecule has 2 rings (SSSR count). The second-order valence-electron chi connectivity index (χ2n) is 4.49. The summed E-state index contributed by atoms with van der Waals surface area (Å²) >= 11 is 0. The van der Waals surface area contributed by atoms with Gasteiger partial charge in [0.25, 0.3) is 0 Å². The van der Waals surface area contributed by atoms with Crippen LogP contribution in [0.2, 0.25) is 0 Å². The first-order valence-corrected chi connectivity index (χ1v) is 5.90. The Morgan fingerprint density at radius 2 is 2.40 bits per heavy atom. The number of hydrogen-bond donors (Lipinski definition) is 1. The Bertz CT molecular complexity index is 304. The average Bonchev–Trinajstić information content (AvgIpc) is 2.98. The minimum absolute atomic E-state index is 0.565. The maximum absolute atomic E-state index is 5.75. The number of nitrogens with zero attached hydrogens (tertiary/aromatic N) is 1. The lowest BCUT2D eigenvalue weighted by atomic mass is 10.0. The monoisotopic (exact) mass is 208 g/mol. The van der Waals surface area contributed by atoms with Gasteiger partial charge in [-0.1, -0.05) is 6.92 Å². The minimum Gasteiger partial charge on any atom is -0.445 e. The average molecular weight is 208 g/mol. The number of aryl methyl sites for hydroxylation is 1. The van der Waals surface area contributed by atoms with Crippen molar-refractivity contribution in [3.8, 4) is 0 Å². The molecule has 0 bridgehead atoms. The Balaban J connectivity index is 1.85. The van der Waals surface area contributed by atoms with Crippen molar-refractivity contribution < 1.29 is 4.42 Å². The fourth-order valence-corrected chi connectivity index (χ4v) is 1.90. The van der Waals surface area contributed by atoms with Crippen LogP contribution in [0.25, 0.3) is 0 Å². The van der Waals surface area contributed by atoms with E-state index in [1.807, 2.05) is 13.2 Å². The summed E-state index contributed by atoms with van der Waals surface area (Å²) in [6.07, 6.45) is 6.66. The largest absolute Gasteiger partial charge is 0.445 e. The third-order valence-corrected chi connectivity index (χ3v) is 3.17. The maximum atomic E-state index is 5.75. The van der Waals surface area contributed by atoms with Crippen molar-refractivity contribution in [2.24, 2.45) is 5.92 Å². The van der Waals surface area contributed by atoms with Crippen LogP contribution in [0.3, 0.4) is 0 Å². The molecule has 1 fully saturated rings. The first kappa shape index (κ1) is 10.7. The van der Waals surface area contributed by atoms with Gasteiger partial charge in [-0.2, -0.15) is 0 Å². The van der Waals surface area contributed by atoms with Crippen LogP contribution < -0.4 is 5.32 Å². The number of rotatable bonds is 6. The molecule has 0 radical (unpaired) electrons. The van der Waals surface area contributed by atoms with Gasteiger partial charge in [0.2, 0.25) is 0 Å². The molecule has 0 spiro atoms. The molecule has 1 heterocycles. The minimum atomic E-state index is 0.565. The third kappa shape index (κ3) is 2.81. The molecule has 1 aliphatic carbocycles. The molecule has 1 unspecified atom stereocenters. The van der Waals surface area contributed by atoms with E-state index in [1.54, 1.807) is 0 Å². The summed E-state index contributed by atoms with van der Waals surface area (Å²) in [7, 11) is 1.97. The predicted octanol–water partition coefficient (Wildman–Crippen LogP) is 2.34. The highest BCUT2D eigenvalue weighted by Crippen LogP contribution is 2.42. The molecule has 15 heavy (non-hydrogen) atoms. The number of hydrogen-bond acceptors (Lipinski definition) is 3. The Kier molecular flexibility index (Phi) is 3.41. The van der Waals surface area contributed by atoms with Crippen LogP contribution in [-0.4, -0.2) is 18.6 Å². The maximum Gasteiger partial charge on any atom is 0.194 e. The Hall–Kier alpha value is -0.830. The van der Waals surface area contributed by atoms with Gasteiger partial charge in [0.1, 0.15) is 5.76 Å². The molecule has 1 N–H and O–H groups in total. The van der Waals surface area contributed by atoms with E-state index in [0.29, 0.717) is 5.92 Å². The van der Waals surface area contributed by atoms with Crippen LogP contribution in [0.15, 0.2) is 10.6 Å². The Labute approximate surface area is 91.3 Å². The van der Waals surface area contributed by atoms with Crippen LogP contribution in [0, 0.1) is 5.92 Å². The van der Waals surface area contributed by atoms with Gasteiger partial charge >= 0.3 is 0 Å². The van der Waals surface area contributed by atoms with E-state index < -0.39 is 0 Å². The molecule has 1 saturated carbocycles. The van der Waals surface area contributed by atoms with Crippen LogP contribution in [-0.2, 0) is 6.42 Å². The van der Waals surface area contributed by atoms with Crippen LogP contribution in [0.5, 0.6) is 0 Å². The summed E-state index contributed by atoms with van der Waals surface area (Å²) in [6.45, 7) is 3.27. The molecule has 1 aromatic heterocycles. The highest BCUT2D eigenvalue weighted by atomic mass is 16.4. The summed E-state index contributed by atoms with van der Waals surface area (Å²) < 4.78 is 5.75. The molecule has 0 saturated heterocycles. The molecule has 1 aromatic rings. The highest BCUT2D eigenvalue weighted by molar-refractivity contribution is 5.05. The van der Waals surface area contributed by atoms with Crippen LogP contribution in [0.1, 0.15) is 43.8 Å². The van der Waals surface area contributed by atoms with Crippen molar-refractivity contribution >= 4 is 0 Å². The van der Waals surface area contributed by atoms with Crippen molar-refractivity contribution in [1.82, 2.24) is 10.3 Å². The lowest BCUT2D eigenvalue weighted by Crippen LogP contribution is -2.08. The molecule has 0 aromatic carbocycles. The molecule has 3 heteroatoms. The normalized spacial score (nSPS) is 18.0. The Morgan fingerprint density at radius 3 is 3.07 bits per heavy atom. The van der Waals surface area contributed by atoms with Gasteiger partial charge in [0.15, 0.2) is 5.89 Å². The first-order chi connectivity index (χ1) is 7.31. The second-order valence-corrected chi connectivity index (χ2v) is 4.49. The van der Waals surface area contributed by atoms with Gasteiger partial charge in [0.05, 0.1) is 6.20 Å². The zero-order valence-electron chi connectivity index (χ0n) is 9.62. The van der Waals surface area contributed by atoms with Gasteiger partial charge in [-0.3, -0.25) is 0 Å². The number of nitrogens with one attached hydrogen (secondary N) is 1. The van der Waals surface area contributed by atoms with E-state index in [2.05, 4.69) is 17.2 Å². The molecule has 1 atom stereocenters. The van der Waals surface area contributed by atoms with Crippen molar-refractivity contribution in [2.75, 3.05) is 13.6 Å². The summed E-state index contributed by atoms with van der Waals surface area (Å²) in [5, 5.41) is 3.13. The number of aromatic nitrogens is 1. The predicted molar refractivity (Wildman–Crippen MR) is 59.9 cm³/mol. The smallest absolute Gasteiger partial charge is 0.194 e. The topological polar surface area (TPSA) is 38.1 Å². The first-order valence-electron chi connectivity index (χ1n) is 5.90. The molecule has 0 aliphatic heterocycles. The van der Waals surface area contributed by atoms with E-state index in [0.717, 1.165) is 37.0 Å². The standard InChI is InChI=1S/C12H20N2O/c1-9(10-5-6-10)11-8-14-12(15-11)4-3-7-13-2/h8-10,13H,3-7H2,1-2H3. The van der Waals surface area contributed by atoms with Gasteiger partial charge in [-0.05, 0) is 38.8 Å². The lowest BCUT2D eigenvalue weighted by molar-refractivity contribution is 0.412. The van der Waals surface area contributed by atoms with Gasteiger partial charge in [0, 0.05) is 12.3 Å².